The summed E-state index contributed by atoms with van der Waals surface area (Å²) >= 11 is 0. The summed E-state index contributed by atoms with van der Waals surface area (Å²) in [5.74, 6) is 2.24. The number of rotatable bonds is 6. The Morgan fingerprint density at radius 2 is 1.69 bits per heavy atom. The van der Waals surface area contributed by atoms with Crippen LogP contribution in [0.4, 0.5) is 0 Å². The molecule has 2 aliphatic rings. The first-order chi connectivity index (χ1) is 15.7. The number of benzene rings is 3. The number of hydrogen-bond acceptors (Lipinski definition) is 4. The molecule has 0 spiro atoms. The van der Waals surface area contributed by atoms with Crippen molar-refractivity contribution in [3.8, 4) is 17.2 Å². The Kier molecular flexibility index (Phi) is 5.70. The summed E-state index contributed by atoms with van der Waals surface area (Å²) in [6.45, 7) is 7.76. The molecule has 3 aromatic carbocycles. The molecule has 32 heavy (non-hydrogen) atoms. The predicted molar refractivity (Wildman–Crippen MR) is 126 cm³/mol. The van der Waals surface area contributed by atoms with E-state index in [9.17, 15) is 0 Å². The lowest BCUT2D eigenvalue weighted by atomic mass is 9.97. The van der Waals surface area contributed by atoms with Gasteiger partial charge in [-0.25, -0.2) is 0 Å². The molecule has 0 aliphatic carbocycles. The van der Waals surface area contributed by atoms with Gasteiger partial charge in [-0.2, -0.15) is 0 Å². The molecule has 0 amide bonds. The molecule has 2 aliphatic heterocycles. The van der Waals surface area contributed by atoms with Crippen LogP contribution in [0.2, 0.25) is 0 Å². The molecule has 0 radical (unpaired) electrons. The van der Waals surface area contributed by atoms with Crippen molar-refractivity contribution in [1.29, 1.82) is 0 Å². The van der Waals surface area contributed by atoms with Gasteiger partial charge in [-0.05, 0) is 48.2 Å². The Morgan fingerprint density at radius 3 is 2.50 bits per heavy atom. The first kappa shape index (κ1) is 20.4. The largest absolute Gasteiger partial charge is 0.465 e. The van der Waals surface area contributed by atoms with E-state index in [-0.39, 0.29) is 12.4 Å². The second-order valence-corrected chi connectivity index (χ2v) is 8.00. The summed E-state index contributed by atoms with van der Waals surface area (Å²) < 4.78 is 25.0. The first-order valence-corrected chi connectivity index (χ1v) is 11.0. The Hall–Kier alpha value is -3.50. The third-order valence-electron chi connectivity index (χ3n) is 5.80. The van der Waals surface area contributed by atoms with Crippen molar-refractivity contribution in [3.63, 3.8) is 0 Å². The van der Waals surface area contributed by atoms with Gasteiger partial charge in [0.15, 0.2) is 17.8 Å². The summed E-state index contributed by atoms with van der Waals surface area (Å²) in [6, 6.07) is 21.9. The summed E-state index contributed by atoms with van der Waals surface area (Å²) in [5, 5.41) is 0. The zero-order chi connectivity index (χ0) is 21.9. The van der Waals surface area contributed by atoms with Gasteiger partial charge < -0.3 is 18.9 Å². The lowest BCUT2D eigenvalue weighted by Crippen LogP contribution is -2.27. The molecular formula is C28H26O4. The average Bonchev–Trinajstić information content (AvgIpc) is 3.28. The van der Waals surface area contributed by atoms with E-state index in [0.29, 0.717) is 0 Å². The van der Waals surface area contributed by atoms with Crippen LogP contribution >= 0.6 is 0 Å². The van der Waals surface area contributed by atoms with Gasteiger partial charge in [0.25, 0.3) is 6.29 Å². The summed E-state index contributed by atoms with van der Waals surface area (Å²) in [5.41, 5.74) is 3.94. The molecule has 0 N–H and O–H groups in total. The summed E-state index contributed by atoms with van der Waals surface area (Å²) in [6.07, 6.45) is 5.39. The summed E-state index contributed by atoms with van der Waals surface area (Å²) in [7, 11) is 0. The van der Waals surface area contributed by atoms with Crippen molar-refractivity contribution >= 4 is 12.2 Å². The molecule has 0 saturated carbocycles. The molecule has 0 bridgehead atoms. The highest BCUT2D eigenvalue weighted by atomic mass is 16.7. The van der Waals surface area contributed by atoms with Gasteiger partial charge in [0.2, 0.25) is 0 Å². The van der Waals surface area contributed by atoms with Crippen LogP contribution in [0, 0.1) is 0 Å². The smallest absolute Gasteiger partial charge is 0.267 e. The van der Waals surface area contributed by atoms with Crippen LogP contribution in [0.15, 0.2) is 79.9 Å². The summed E-state index contributed by atoms with van der Waals surface area (Å²) in [4.78, 5) is 0. The standard InChI is InChI=1S/C28H26O4/c1-3-19-10-8-13-22(16-19)29-26-15-9-14-24(30-26)23-17-20(4-2)18-25-27(23)32-28(31-25)21-11-6-5-7-12-21/h3-8,10-13,16-18,24,26,28H,1-2,9,14-15H2. The van der Waals surface area contributed by atoms with E-state index in [4.69, 9.17) is 18.9 Å². The Bertz CT molecular complexity index is 1120. The molecule has 162 valence electrons. The molecule has 5 rings (SSSR count). The number of fused-ring (bicyclic) bond motifs is 1. The second-order valence-electron chi connectivity index (χ2n) is 8.00. The van der Waals surface area contributed by atoms with E-state index in [1.807, 2.05) is 72.8 Å². The zero-order valence-electron chi connectivity index (χ0n) is 17.9. The quantitative estimate of drug-likeness (QED) is 0.422. The van der Waals surface area contributed by atoms with Crippen molar-refractivity contribution < 1.29 is 18.9 Å². The second kappa shape index (κ2) is 8.93. The molecule has 1 fully saturated rings. The fourth-order valence-electron chi connectivity index (χ4n) is 4.18. The molecule has 1 saturated heterocycles. The maximum absolute atomic E-state index is 6.40. The van der Waals surface area contributed by atoms with E-state index < -0.39 is 6.29 Å². The minimum absolute atomic E-state index is 0.150. The van der Waals surface area contributed by atoms with Crippen LogP contribution in [-0.4, -0.2) is 6.29 Å². The monoisotopic (exact) mass is 426 g/mol. The fourth-order valence-corrected chi connectivity index (χ4v) is 4.18. The third-order valence-corrected chi connectivity index (χ3v) is 5.80. The number of ether oxygens (including phenoxy) is 4. The van der Waals surface area contributed by atoms with Gasteiger partial charge in [-0.15, -0.1) is 0 Å². The van der Waals surface area contributed by atoms with Crippen molar-refractivity contribution in [2.75, 3.05) is 0 Å². The van der Waals surface area contributed by atoms with Gasteiger partial charge >= 0.3 is 0 Å². The van der Waals surface area contributed by atoms with Crippen LogP contribution in [-0.2, 0) is 4.74 Å². The van der Waals surface area contributed by atoms with Crippen molar-refractivity contribution in [3.05, 3.63) is 102 Å². The van der Waals surface area contributed by atoms with Gasteiger partial charge in [0.1, 0.15) is 5.75 Å². The Labute approximate surface area is 188 Å². The average molecular weight is 427 g/mol. The van der Waals surface area contributed by atoms with Gasteiger partial charge in [0, 0.05) is 17.5 Å². The first-order valence-electron chi connectivity index (χ1n) is 11.0. The normalized spacial score (nSPS) is 21.7. The molecule has 0 aromatic heterocycles. The lowest BCUT2D eigenvalue weighted by molar-refractivity contribution is -0.150. The molecule has 4 heteroatoms. The molecule has 2 heterocycles. The van der Waals surface area contributed by atoms with Crippen molar-refractivity contribution in [1.82, 2.24) is 0 Å². The van der Waals surface area contributed by atoms with Crippen LogP contribution in [0.1, 0.15) is 53.9 Å². The maximum Gasteiger partial charge on any atom is 0.267 e. The molecule has 3 unspecified atom stereocenters. The fraction of sp³-hybridized carbons (Fsp3) is 0.214. The van der Waals surface area contributed by atoms with Crippen molar-refractivity contribution in [2.24, 2.45) is 0 Å². The molecule has 4 nitrogen and oxygen atoms in total. The molecular weight excluding hydrogens is 400 g/mol. The van der Waals surface area contributed by atoms with E-state index >= 15 is 0 Å². The van der Waals surface area contributed by atoms with E-state index in [1.165, 1.54) is 0 Å². The van der Waals surface area contributed by atoms with E-state index in [2.05, 4.69) is 19.2 Å². The topological polar surface area (TPSA) is 36.9 Å². The van der Waals surface area contributed by atoms with Crippen LogP contribution < -0.4 is 14.2 Å². The van der Waals surface area contributed by atoms with Gasteiger partial charge in [-0.3, -0.25) is 0 Å². The van der Waals surface area contributed by atoms with Gasteiger partial charge in [0.05, 0.1) is 6.10 Å². The Balaban J connectivity index is 1.39. The van der Waals surface area contributed by atoms with E-state index in [1.54, 1.807) is 0 Å². The molecule has 3 aromatic rings. The zero-order valence-corrected chi connectivity index (χ0v) is 17.9. The van der Waals surface area contributed by atoms with Crippen LogP contribution in [0.5, 0.6) is 17.2 Å². The minimum atomic E-state index is -0.470. The van der Waals surface area contributed by atoms with E-state index in [0.717, 1.165) is 58.8 Å². The van der Waals surface area contributed by atoms with Crippen molar-refractivity contribution in [2.45, 2.75) is 37.9 Å². The highest BCUT2D eigenvalue weighted by molar-refractivity contribution is 5.60. The number of hydrogen-bond donors (Lipinski definition) is 0. The van der Waals surface area contributed by atoms with Gasteiger partial charge in [-0.1, -0.05) is 67.8 Å². The Morgan fingerprint density at radius 1 is 0.844 bits per heavy atom. The van der Waals surface area contributed by atoms with Crippen LogP contribution in [0.25, 0.3) is 12.2 Å². The van der Waals surface area contributed by atoms with Crippen LogP contribution in [0.3, 0.4) is 0 Å². The highest BCUT2D eigenvalue weighted by Crippen LogP contribution is 2.48. The molecule has 3 atom stereocenters. The predicted octanol–water partition coefficient (Wildman–Crippen LogP) is 7.09. The maximum atomic E-state index is 6.40. The lowest BCUT2D eigenvalue weighted by Gasteiger charge is -2.31. The highest BCUT2D eigenvalue weighted by Gasteiger charge is 2.34. The minimum Gasteiger partial charge on any atom is -0.465 e. The SMILES string of the molecule is C=Cc1cccc(OC2CCCC(c3cc(C=C)cc4c3OC(c3ccccc3)O4)O2)c1. The third kappa shape index (κ3) is 4.14.